The summed E-state index contributed by atoms with van der Waals surface area (Å²) in [6.45, 7) is 1.13. The minimum Gasteiger partial charge on any atom is -0.401 e. The molecule has 1 aromatic rings. The predicted octanol–water partition coefficient (Wildman–Crippen LogP) is 1.57. The van der Waals surface area contributed by atoms with Crippen LogP contribution in [-0.4, -0.2) is 24.4 Å². The Morgan fingerprint density at radius 1 is 1.40 bits per heavy atom. The lowest BCUT2D eigenvalue weighted by atomic mass is 10.4. The first kappa shape index (κ1) is 9.88. The van der Waals surface area contributed by atoms with E-state index in [9.17, 15) is 10.1 Å². The first-order valence-electron chi connectivity index (χ1n) is 4.41. The van der Waals surface area contributed by atoms with Gasteiger partial charge in [0.15, 0.2) is 6.29 Å². The third kappa shape index (κ3) is 2.42. The highest BCUT2D eigenvalue weighted by atomic mass is 16.7. The van der Waals surface area contributed by atoms with Crippen molar-refractivity contribution in [1.29, 1.82) is 0 Å². The summed E-state index contributed by atoms with van der Waals surface area (Å²) in [6, 6.07) is 2.82. The van der Waals surface area contributed by atoms with Crippen LogP contribution in [0.4, 0.5) is 5.88 Å². The molecule has 1 aliphatic heterocycles. The number of furan rings is 1. The highest BCUT2D eigenvalue weighted by Gasteiger charge is 2.13. The molecule has 1 aliphatic rings. The Morgan fingerprint density at radius 2 is 2.13 bits per heavy atom. The monoisotopic (exact) mass is 211 g/mol. The van der Waals surface area contributed by atoms with Crippen LogP contribution in [0.5, 0.6) is 0 Å². The molecule has 1 aromatic heterocycles. The van der Waals surface area contributed by atoms with Gasteiger partial charge in [-0.15, -0.1) is 0 Å². The highest BCUT2D eigenvalue weighted by Crippen LogP contribution is 2.17. The van der Waals surface area contributed by atoms with Crippen molar-refractivity contribution in [3.8, 4) is 0 Å². The van der Waals surface area contributed by atoms with Crippen molar-refractivity contribution in [1.82, 2.24) is 0 Å². The van der Waals surface area contributed by atoms with E-state index in [0.29, 0.717) is 19.0 Å². The lowest BCUT2D eigenvalue weighted by Crippen LogP contribution is -2.01. The fourth-order valence-corrected chi connectivity index (χ4v) is 1.19. The van der Waals surface area contributed by atoms with Crippen LogP contribution in [0.3, 0.4) is 0 Å². The van der Waals surface area contributed by atoms with Gasteiger partial charge in [0.25, 0.3) is 0 Å². The molecule has 6 heteroatoms. The normalized spacial score (nSPS) is 17.6. The Labute approximate surface area is 85.2 Å². The van der Waals surface area contributed by atoms with Gasteiger partial charge >= 0.3 is 5.88 Å². The molecule has 6 nitrogen and oxygen atoms in total. The maximum absolute atomic E-state index is 10.3. The van der Waals surface area contributed by atoms with E-state index in [-0.39, 0.29) is 12.2 Å². The zero-order valence-corrected chi connectivity index (χ0v) is 7.79. The average molecular weight is 211 g/mol. The molecule has 80 valence electrons. The van der Waals surface area contributed by atoms with Crippen molar-refractivity contribution in [2.75, 3.05) is 13.2 Å². The minimum atomic E-state index is -0.583. The first-order chi connectivity index (χ1) is 7.25. The van der Waals surface area contributed by atoms with Crippen LogP contribution in [0.15, 0.2) is 22.6 Å². The van der Waals surface area contributed by atoms with Crippen LogP contribution in [0.25, 0.3) is 6.08 Å². The van der Waals surface area contributed by atoms with Crippen LogP contribution < -0.4 is 0 Å². The Kier molecular flexibility index (Phi) is 2.79. The molecule has 0 aromatic carbocycles. The number of hydrogen-bond donors (Lipinski definition) is 0. The molecule has 1 fully saturated rings. The third-order valence-corrected chi connectivity index (χ3v) is 1.86. The van der Waals surface area contributed by atoms with Crippen molar-refractivity contribution in [3.05, 3.63) is 34.1 Å². The van der Waals surface area contributed by atoms with E-state index in [1.807, 2.05) is 0 Å². The van der Waals surface area contributed by atoms with E-state index in [2.05, 4.69) is 0 Å². The number of ether oxygens (including phenoxy) is 2. The van der Waals surface area contributed by atoms with E-state index in [1.165, 1.54) is 12.1 Å². The third-order valence-electron chi connectivity index (χ3n) is 1.86. The van der Waals surface area contributed by atoms with Crippen molar-refractivity contribution in [3.63, 3.8) is 0 Å². The van der Waals surface area contributed by atoms with Crippen LogP contribution >= 0.6 is 0 Å². The Bertz CT molecular complexity index is 378. The zero-order chi connectivity index (χ0) is 10.7. The molecule has 0 atom stereocenters. The summed E-state index contributed by atoms with van der Waals surface area (Å²) in [5, 5.41) is 10.3. The molecule has 1 saturated heterocycles. The quantitative estimate of drug-likeness (QED) is 0.560. The van der Waals surface area contributed by atoms with Gasteiger partial charge in [0.05, 0.1) is 19.3 Å². The molecular weight excluding hydrogens is 202 g/mol. The van der Waals surface area contributed by atoms with Crippen LogP contribution in [0.2, 0.25) is 0 Å². The van der Waals surface area contributed by atoms with Gasteiger partial charge in [-0.1, -0.05) is 0 Å². The molecule has 0 unspecified atom stereocenters. The van der Waals surface area contributed by atoms with E-state index in [1.54, 1.807) is 12.2 Å². The van der Waals surface area contributed by atoms with Gasteiger partial charge < -0.3 is 13.9 Å². The van der Waals surface area contributed by atoms with Gasteiger partial charge in [0.2, 0.25) is 0 Å². The standard InChI is InChI=1S/C9H9NO5/c11-10(12)8-3-1-7(15-8)2-4-9-13-5-6-14-9/h1-4,9H,5-6H2/b4-2+. The number of nitrogens with zero attached hydrogens (tertiary/aromatic N) is 1. The summed E-state index contributed by atoms with van der Waals surface area (Å²) in [6.07, 6.45) is 2.85. The molecule has 0 aliphatic carbocycles. The maximum atomic E-state index is 10.3. The van der Waals surface area contributed by atoms with E-state index in [0.717, 1.165) is 0 Å². The van der Waals surface area contributed by atoms with Crippen molar-refractivity contribution >= 4 is 12.0 Å². The summed E-state index contributed by atoms with van der Waals surface area (Å²) in [4.78, 5) is 9.73. The molecular formula is C9H9NO5. The number of rotatable bonds is 3. The second-order valence-corrected chi connectivity index (χ2v) is 2.90. The molecule has 0 saturated carbocycles. The lowest BCUT2D eigenvalue weighted by molar-refractivity contribution is -0.402. The molecule has 0 bridgehead atoms. The first-order valence-corrected chi connectivity index (χ1v) is 4.41. The zero-order valence-electron chi connectivity index (χ0n) is 7.79. The Hall–Kier alpha value is -1.66. The highest BCUT2D eigenvalue weighted by molar-refractivity contribution is 5.45. The van der Waals surface area contributed by atoms with Crippen LogP contribution in [0.1, 0.15) is 5.76 Å². The van der Waals surface area contributed by atoms with Gasteiger partial charge in [-0.25, -0.2) is 0 Å². The molecule has 2 heterocycles. The van der Waals surface area contributed by atoms with Crippen molar-refractivity contribution in [2.45, 2.75) is 6.29 Å². The van der Waals surface area contributed by atoms with Crippen molar-refractivity contribution < 1.29 is 18.8 Å². The Balaban J connectivity index is 2.00. The summed E-state index contributed by atoms with van der Waals surface area (Å²) in [5.74, 6) is 0.128. The van der Waals surface area contributed by atoms with Crippen LogP contribution in [0, 0.1) is 10.1 Å². The van der Waals surface area contributed by atoms with E-state index < -0.39 is 4.92 Å². The fourth-order valence-electron chi connectivity index (χ4n) is 1.19. The molecule has 2 rings (SSSR count). The molecule has 0 radical (unpaired) electrons. The number of nitro groups is 1. The topological polar surface area (TPSA) is 74.7 Å². The summed E-state index contributed by atoms with van der Waals surface area (Å²) >= 11 is 0. The van der Waals surface area contributed by atoms with E-state index in [4.69, 9.17) is 13.9 Å². The summed E-state index contributed by atoms with van der Waals surface area (Å²) in [5.41, 5.74) is 0. The predicted molar refractivity (Wildman–Crippen MR) is 50.1 cm³/mol. The summed E-state index contributed by atoms with van der Waals surface area (Å²) < 4.78 is 15.2. The Morgan fingerprint density at radius 3 is 2.73 bits per heavy atom. The SMILES string of the molecule is O=[N+]([O-])c1ccc(/C=C/C2OCCO2)o1. The van der Waals surface area contributed by atoms with Gasteiger partial charge in [-0.3, -0.25) is 10.1 Å². The molecule has 15 heavy (non-hydrogen) atoms. The smallest absolute Gasteiger partial charge is 0.401 e. The fraction of sp³-hybridized carbons (Fsp3) is 0.333. The summed E-state index contributed by atoms with van der Waals surface area (Å²) in [7, 11) is 0. The maximum Gasteiger partial charge on any atom is 0.433 e. The largest absolute Gasteiger partial charge is 0.433 e. The van der Waals surface area contributed by atoms with E-state index >= 15 is 0 Å². The van der Waals surface area contributed by atoms with Gasteiger partial charge in [-0.05, 0) is 18.2 Å². The second-order valence-electron chi connectivity index (χ2n) is 2.90. The van der Waals surface area contributed by atoms with Crippen molar-refractivity contribution in [2.24, 2.45) is 0 Å². The molecule has 0 N–H and O–H groups in total. The molecule has 0 spiro atoms. The lowest BCUT2D eigenvalue weighted by Gasteiger charge is -1.99. The average Bonchev–Trinajstić information content (AvgIpc) is 2.86. The van der Waals surface area contributed by atoms with Gasteiger partial charge in [0.1, 0.15) is 10.7 Å². The van der Waals surface area contributed by atoms with Gasteiger partial charge in [-0.2, -0.15) is 0 Å². The second kappa shape index (κ2) is 4.24. The van der Waals surface area contributed by atoms with Crippen LogP contribution in [-0.2, 0) is 9.47 Å². The molecule has 0 amide bonds. The van der Waals surface area contributed by atoms with Gasteiger partial charge in [0, 0.05) is 0 Å². The minimum absolute atomic E-state index is 0.275. The number of hydrogen-bond acceptors (Lipinski definition) is 5.